The van der Waals surface area contributed by atoms with Crippen LogP contribution in [-0.2, 0) is 0 Å². The van der Waals surface area contributed by atoms with Gasteiger partial charge in [-0.25, -0.2) is 4.39 Å². The van der Waals surface area contributed by atoms with E-state index < -0.39 is 11.9 Å². The van der Waals surface area contributed by atoms with Gasteiger partial charge in [0.15, 0.2) is 11.6 Å². The molecule has 2 nitrogen and oxygen atoms in total. The van der Waals surface area contributed by atoms with Gasteiger partial charge in [0.2, 0.25) is 0 Å². The first-order valence-corrected chi connectivity index (χ1v) is 4.81. The molecule has 0 aromatic heterocycles. The molecule has 0 saturated heterocycles. The first-order valence-electron chi connectivity index (χ1n) is 4.81. The minimum atomic E-state index is -0.593. The van der Waals surface area contributed by atoms with Crippen molar-refractivity contribution in [3.05, 3.63) is 41.2 Å². The molecule has 0 aliphatic rings. The van der Waals surface area contributed by atoms with Crippen LogP contribution in [0.15, 0.2) is 24.3 Å². The lowest BCUT2D eigenvalue weighted by atomic mass is 9.99. The zero-order valence-corrected chi connectivity index (χ0v) is 10.3. The van der Waals surface area contributed by atoms with Crippen molar-refractivity contribution in [2.45, 2.75) is 26.3 Å². The van der Waals surface area contributed by atoms with Crippen LogP contribution in [0.3, 0.4) is 0 Å². The molecule has 16 heavy (non-hydrogen) atoms. The number of aromatic hydroxyl groups is 1. The van der Waals surface area contributed by atoms with E-state index in [-0.39, 0.29) is 18.2 Å². The summed E-state index contributed by atoms with van der Waals surface area (Å²) >= 11 is 0. The minimum Gasteiger partial charge on any atom is -0.505 e. The van der Waals surface area contributed by atoms with E-state index in [1.54, 1.807) is 19.1 Å². The SMILES string of the molecule is C=C(C)C[C@@H](N)c1ccc(C)c(F)c1O.Cl. The summed E-state index contributed by atoms with van der Waals surface area (Å²) in [6.45, 7) is 7.18. The van der Waals surface area contributed by atoms with E-state index in [0.29, 0.717) is 17.5 Å². The van der Waals surface area contributed by atoms with Gasteiger partial charge in [-0.1, -0.05) is 17.7 Å². The Balaban J connectivity index is 0.00000225. The van der Waals surface area contributed by atoms with Gasteiger partial charge in [-0.05, 0) is 25.8 Å². The predicted octanol–water partition coefficient (Wildman–Crippen LogP) is 3.23. The highest BCUT2D eigenvalue weighted by atomic mass is 35.5. The summed E-state index contributed by atoms with van der Waals surface area (Å²) in [6.07, 6.45) is 0.538. The fourth-order valence-electron chi connectivity index (χ4n) is 1.46. The topological polar surface area (TPSA) is 46.2 Å². The first-order chi connectivity index (χ1) is 6.93. The second kappa shape index (κ2) is 5.87. The molecule has 3 N–H and O–H groups in total. The highest BCUT2D eigenvalue weighted by Crippen LogP contribution is 2.30. The molecule has 90 valence electrons. The first kappa shape index (κ1) is 14.9. The van der Waals surface area contributed by atoms with Gasteiger partial charge in [0, 0.05) is 11.6 Å². The third kappa shape index (κ3) is 3.22. The molecule has 0 spiro atoms. The highest BCUT2D eigenvalue weighted by molar-refractivity contribution is 5.85. The van der Waals surface area contributed by atoms with Crippen molar-refractivity contribution < 1.29 is 9.50 Å². The van der Waals surface area contributed by atoms with Gasteiger partial charge in [0.05, 0.1) is 0 Å². The van der Waals surface area contributed by atoms with E-state index in [1.807, 2.05) is 6.92 Å². The maximum absolute atomic E-state index is 13.4. The molecule has 1 rings (SSSR count). The molecule has 4 heteroatoms. The third-order valence-corrected chi connectivity index (χ3v) is 2.31. The van der Waals surface area contributed by atoms with Crippen molar-refractivity contribution in [3.63, 3.8) is 0 Å². The Hall–Kier alpha value is -1.06. The van der Waals surface area contributed by atoms with Crippen LogP contribution in [0.25, 0.3) is 0 Å². The highest BCUT2D eigenvalue weighted by Gasteiger charge is 2.15. The molecule has 0 aliphatic heterocycles. The van der Waals surface area contributed by atoms with Crippen molar-refractivity contribution in [2.24, 2.45) is 5.73 Å². The van der Waals surface area contributed by atoms with Gasteiger partial charge in [-0.3, -0.25) is 0 Å². The van der Waals surface area contributed by atoms with E-state index in [2.05, 4.69) is 6.58 Å². The molecule has 0 radical (unpaired) electrons. The Morgan fingerprint density at radius 3 is 2.62 bits per heavy atom. The van der Waals surface area contributed by atoms with Crippen LogP contribution >= 0.6 is 12.4 Å². The summed E-state index contributed by atoms with van der Waals surface area (Å²) in [5.41, 5.74) is 7.58. The summed E-state index contributed by atoms with van der Waals surface area (Å²) in [7, 11) is 0. The van der Waals surface area contributed by atoms with Gasteiger partial charge >= 0.3 is 0 Å². The van der Waals surface area contributed by atoms with Gasteiger partial charge < -0.3 is 10.8 Å². The van der Waals surface area contributed by atoms with Crippen molar-refractivity contribution in [3.8, 4) is 5.75 Å². The number of phenolic OH excluding ortho intramolecular Hbond substituents is 1. The van der Waals surface area contributed by atoms with Gasteiger partial charge in [-0.2, -0.15) is 0 Å². The number of halogens is 2. The van der Waals surface area contributed by atoms with E-state index in [1.165, 1.54) is 0 Å². The summed E-state index contributed by atoms with van der Waals surface area (Å²) in [4.78, 5) is 0. The van der Waals surface area contributed by atoms with Gasteiger partial charge in [0.1, 0.15) is 0 Å². The number of rotatable bonds is 3. The van der Waals surface area contributed by atoms with Gasteiger partial charge in [0.25, 0.3) is 0 Å². The molecular weight excluding hydrogens is 229 g/mol. The van der Waals surface area contributed by atoms with Crippen molar-refractivity contribution in [2.75, 3.05) is 0 Å². The summed E-state index contributed by atoms with van der Waals surface area (Å²) in [6, 6.07) is 2.86. The summed E-state index contributed by atoms with van der Waals surface area (Å²) < 4.78 is 13.4. The van der Waals surface area contributed by atoms with Crippen LogP contribution in [0.2, 0.25) is 0 Å². The van der Waals surface area contributed by atoms with Crippen molar-refractivity contribution in [1.82, 2.24) is 0 Å². The normalized spacial score (nSPS) is 11.8. The second-order valence-electron chi connectivity index (χ2n) is 3.90. The standard InChI is InChI=1S/C12H16FNO.ClH/c1-7(2)6-10(14)9-5-4-8(3)11(13)12(9)15;/h4-5,10,15H,1,6,14H2,2-3H3;1H/t10-;/m1./s1. The Morgan fingerprint density at radius 2 is 2.12 bits per heavy atom. The average molecular weight is 246 g/mol. The predicted molar refractivity (Wildman–Crippen MR) is 66.4 cm³/mol. The molecule has 0 aliphatic carbocycles. The molecule has 1 aromatic rings. The summed E-state index contributed by atoms with van der Waals surface area (Å²) in [5.74, 6) is -0.937. The number of benzene rings is 1. The zero-order chi connectivity index (χ0) is 11.6. The molecule has 1 atom stereocenters. The molecule has 0 bridgehead atoms. The fraction of sp³-hybridized carbons (Fsp3) is 0.333. The van der Waals surface area contributed by atoms with Crippen LogP contribution in [0.4, 0.5) is 4.39 Å². The van der Waals surface area contributed by atoms with Crippen LogP contribution in [0, 0.1) is 12.7 Å². The molecule has 0 unspecified atom stereocenters. The largest absolute Gasteiger partial charge is 0.505 e. The Kier molecular flexibility index (Phi) is 5.48. The Bertz CT molecular complexity index is 393. The smallest absolute Gasteiger partial charge is 0.168 e. The van der Waals surface area contributed by atoms with Crippen LogP contribution < -0.4 is 5.73 Å². The molecular formula is C12H17ClFNO. The van der Waals surface area contributed by atoms with Crippen molar-refractivity contribution in [1.29, 1.82) is 0 Å². The molecule has 0 amide bonds. The maximum atomic E-state index is 13.4. The molecule has 0 heterocycles. The van der Waals surface area contributed by atoms with E-state index in [0.717, 1.165) is 5.57 Å². The summed E-state index contributed by atoms with van der Waals surface area (Å²) in [5, 5.41) is 9.58. The Labute approximate surface area is 101 Å². The molecule has 1 aromatic carbocycles. The lowest BCUT2D eigenvalue weighted by Gasteiger charge is -2.14. The lowest BCUT2D eigenvalue weighted by molar-refractivity contribution is 0.418. The van der Waals surface area contributed by atoms with E-state index in [4.69, 9.17) is 5.73 Å². The monoisotopic (exact) mass is 245 g/mol. The molecule has 0 saturated carbocycles. The average Bonchev–Trinajstić information content (AvgIpc) is 2.13. The van der Waals surface area contributed by atoms with Crippen LogP contribution in [-0.4, -0.2) is 5.11 Å². The number of phenols is 1. The number of hydrogen-bond acceptors (Lipinski definition) is 2. The maximum Gasteiger partial charge on any atom is 0.168 e. The third-order valence-electron chi connectivity index (χ3n) is 2.31. The minimum absolute atomic E-state index is 0. The quantitative estimate of drug-likeness (QED) is 0.804. The van der Waals surface area contributed by atoms with E-state index in [9.17, 15) is 9.50 Å². The van der Waals surface area contributed by atoms with Crippen LogP contribution in [0.5, 0.6) is 5.75 Å². The van der Waals surface area contributed by atoms with Crippen molar-refractivity contribution >= 4 is 12.4 Å². The molecule has 0 fully saturated rings. The lowest BCUT2D eigenvalue weighted by Crippen LogP contribution is -2.11. The van der Waals surface area contributed by atoms with Crippen LogP contribution in [0.1, 0.15) is 30.5 Å². The fourth-order valence-corrected chi connectivity index (χ4v) is 1.46. The van der Waals surface area contributed by atoms with Gasteiger partial charge in [-0.15, -0.1) is 19.0 Å². The Morgan fingerprint density at radius 1 is 1.56 bits per heavy atom. The number of nitrogens with two attached hydrogens (primary N) is 1. The number of aryl methyl sites for hydroxylation is 1. The zero-order valence-electron chi connectivity index (χ0n) is 9.46. The number of hydrogen-bond donors (Lipinski definition) is 2. The second-order valence-corrected chi connectivity index (χ2v) is 3.90. The van der Waals surface area contributed by atoms with E-state index >= 15 is 0 Å².